The van der Waals surface area contributed by atoms with Crippen LogP contribution in [0.5, 0.6) is 11.5 Å². The molecule has 34 heavy (non-hydrogen) atoms. The van der Waals surface area contributed by atoms with E-state index in [0.29, 0.717) is 35.6 Å². The average molecular weight is 480 g/mol. The molecule has 1 fully saturated rings. The lowest BCUT2D eigenvalue weighted by molar-refractivity contribution is -0.119. The fraction of sp³-hybridized carbons (Fsp3) is 0.333. The third-order valence-corrected chi connectivity index (χ3v) is 6.65. The molecule has 0 saturated heterocycles. The molecular formula is C24H25N5O4S. The molecule has 2 aliphatic rings. The van der Waals surface area contributed by atoms with E-state index in [9.17, 15) is 9.59 Å². The van der Waals surface area contributed by atoms with Crippen molar-refractivity contribution >= 4 is 29.3 Å². The van der Waals surface area contributed by atoms with Gasteiger partial charge in [-0.1, -0.05) is 36.0 Å². The number of aromatic nitrogens is 3. The summed E-state index contributed by atoms with van der Waals surface area (Å²) in [7, 11) is 1.85. The number of para-hydroxylation sites is 2. The molecule has 0 radical (unpaired) electrons. The number of anilines is 1. The van der Waals surface area contributed by atoms with Gasteiger partial charge in [0.05, 0.1) is 5.75 Å². The lowest BCUT2D eigenvalue weighted by atomic mass is 10.2. The van der Waals surface area contributed by atoms with Crippen molar-refractivity contribution < 1.29 is 19.1 Å². The number of fused-ring (bicyclic) bond motifs is 1. The minimum Gasteiger partial charge on any atom is -0.485 e. The molecule has 1 aliphatic heterocycles. The minimum atomic E-state index is -0.372. The van der Waals surface area contributed by atoms with Crippen molar-refractivity contribution in [2.45, 2.75) is 30.6 Å². The van der Waals surface area contributed by atoms with Crippen LogP contribution in [0.4, 0.5) is 5.69 Å². The number of thioether (sulfide) groups is 1. The highest BCUT2D eigenvalue weighted by atomic mass is 32.2. The molecule has 176 valence electrons. The Morgan fingerprint density at radius 2 is 1.94 bits per heavy atom. The molecule has 9 nitrogen and oxygen atoms in total. The Balaban J connectivity index is 1.12. The van der Waals surface area contributed by atoms with Crippen LogP contribution in [0.3, 0.4) is 0 Å². The van der Waals surface area contributed by atoms with Gasteiger partial charge >= 0.3 is 0 Å². The maximum Gasteiger partial charge on any atom is 0.230 e. The summed E-state index contributed by atoms with van der Waals surface area (Å²) in [5.41, 5.74) is 1.67. The molecule has 0 bridgehead atoms. The molecule has 0 spiro atoms. The molecule has 3 aromatic rings. The summed E-state index contributed by atoms with van der Waals surface area (Å²) < 4.78 is 13.6. The first-order chi connectivity index (χ1) is 16.6. The van der Waals surface area contributed by atoms with Gasteiger partial charge in [0.15, 0.2) is 28.6 Å². The zero-order chi connectivity index (χ0) is 23.5. The summed E-state index contributed by atoms with van der Waals surface area (Å²) in [4.78, 5) is 24.3. The topological polar surface area (TPSA) is 107 Å². The predicted octanol–water partition coefficient (Wildman–Crippen LogP) is 3.08. The lowest BCUT2D eigenvalue weighted by Gasteiger charge is -2.25. The summed E-state index contributed by atoms with van der Waals surface area (Å²) >= 11 is 1.31. The van der Waals surface area contributed by atoms with Crippen LogP contribution in [0.2, 0.25) is 0 Å². The third-order valence-electron chi connectivity index (χ3n) is 5.63. The molecule has 5 rings (SSSR count). The number of ether oxygens (including phenoxy) is 2. The van der Waals surface area contributed by atoms with Gasteiger partial charge < -0.3 is 24.7 Å². The average Bonchev–Trinajstić information content (AvgIpc) is 3.64. The smallest absolute Gasteiger partial charge is 0.230 e. The van der Waals surface area contributed by atoms with Crippen molar-refractivity contribution in [2.75, 3.05) is 17.7 Å². The summed E-state index contributed by atoms with van der Waals surface area (Å²) in [5.74, 6) is 2.32. The first-order valence-corrected chi connectivity index (χ1v) is 12.1. The van der Waals surface area contributed by atoms with Crippen LogP contribution in [0.15, 0.2) is 53.7 Å². The van der Waals surface area contributed by atoms with Crippen molar-refractivity contribution in [2.24, 2.45) is 13.0 Å². The zero-order valence-electron chi connectivity index (χ0n) is 18.7. The van der Waals surface area contributed by atoms with Gasteiger partial charge in [-0.05, 0) is 42.7 Å². The Kier molecular flexibility index (Phi) is 6.39. The Bertz CT molecular complexity index is 1210. The zero-order valence-corrected chi connectivity index (χ0v) is 19.5. The van der Waals surface area contributed by atoms with E-state index in [4.69, 9.17) is 9.47 Å². The van der Waals surface area contributed by atoms with Gasteiger partial charge in [0.2, 0.25) is 11.8 Å². The van der Waals surface area contributed by atoms with Crippen LogP contribution in [0.25, 0.3) is 0 Å². The van der Waals surface area contributed by atoms with Gasteiger partial charge in [0.25, 0.3) is 0 Å². The Labute approximate surface area is 201 Å². The van der Waals surface area contributed by atoms with Crippen molar-refractivity contribution in [3.63, 3.8) is 0 Å². The van der Waals surface area contributed by atoms with Crippen LogP contribution in [-0.4, -0.2) is 38.9 Å². The van der Waals surface area contributed by atoms with E-state index in [2.05, 4.69) is 20.8 Å². The van der Waals surface area contributed by atoms with Crippen LogP contribution in [-0.2, 0) is 23.2 Å². The number of benzene rings is 2. The standard InChI is InChI=1S/C24H25N5O4S/c1-29-22(20-13-32-18-7-2-3-8-19(18)33-20)27-28-24(29)34-14-21(30)25-12-15-5-4-6-17(11-15)26-23(31)16-9-10-16/h2-8,11,16,20H,9-10,12-14H2,1H3,(H,25,30)(H,26,31)/t20-/m0/s1. The molecule has 10 heteroatoms. The Morgan fingerprint density at radius 1 is 1.12 bits per heavy atom. The van der Waals surface area contributed by atoms with E-state index in [0.717, 1.165) is 24.1 Å². The molecule has 1 aliphatic carbocycles. The molecule has 2 N–H and O–H groups in total. The number of carbonyl (C=O) groups excluding carboxylic acids is 2. The van der Waals surface area contributed by atoms with Gasteiger partial charge in [-0.15, -0.1) is 10.2 Å². The number of hydrogen-bond acceptors (Lipinski definition) is 7. The number of carbonyl (C=O) groups is 2. The summed E-state index contributed by atoms with van der Waals surface area (Å²) in [6.07, 6.45) is 1.55. The fourth-order valence-corrected chi connectivity index (χ4v) is 4.36. The SMILES string of the molecule is Cn1c(SCC(=O)NCc2cccc(NC(=O)C3CC3)c2)nnc1[C@@H]1COc2ccccc2O1. The van der Waals surface area contributed by atoms with E-state index in [1.165, 1.54) is 11.8 Å². The molecule has 1 saturated carbocycles. The van der Waals surface area contributed by atoms with E-state index in [1.54, 1.807) is 0 Å². The third kappa shape index (κ3) is 5.17. The van der Waals surface area contributed by atoms with E-state index < -0.39 is 0 Å². The van der Waals surface area contributed by atoms with Crippen LogP contribution in [0, 0.1) is 5.92 Å². The second kappa shape index (κ2) is 9.76. The number of nitrogens with zero attached hydrogens (tertiary/aromatic N) is 3. The fourth-order valence-electron chi connectivity index (χ4n) is 3.61. The van der Waals surface area contributed by atoms with E-state index >= 15 is 0 Å². The maximum absolute atomic E-state index is 12.4. The lowest BCUT2D eigenvalue weighted by Crippen LogP contribution is -2.25. The van der Waals surface area contributed by atoms with Crippen LogP contribution < -0.4 is 20.1 Å². The van der Waals surface area contributed by atoms with E-state index in [-0.39, 0.29) is 29.6 Å². The molecule has 0 unspecified atom stereocenters. The largest absolute Gasteiger partial charge is 0.485 e. The Morgan fingerprint density at radius 3 is 2.76 bits per heavy atom. The second-order valence-electron chi connectivity index (χ2n) is 8.29. The summed E-state index contributed by atoms with van der Waals surface area (Å²) in [6.45, 7) is 0.720. The predicted molar refractivity (Wildman–Crippen MR) is 127 cm³/mol. The summed E-state index contributed by atoms with van der Waals surface area (Å²) in [6, 6.07) is 15.0. The molecular weight excluding hydrogens is 454 g/mol. The van der Waals surface area contributed by atoms with Crippen molar-refractivity contribution in [1.82, 2.24) is 20.1 Å². The highest BCUT2D eigenvalue weighted by Crippen LogP contribution is 2.35. The highest BCUT2D eigenvalue weighted by Gasteiger charge is 2.29. The van der Waals surface area contributed by atoms with Gasteiger partial charge in [-0.3, -0.25) is 9.59 Å². The van der Waals surface area contributed by atoms with Gasteiger partial charge in [0, 0.05) is 25.2 Å². The first-order valence-electron chi connectivity index (χ1n) is 11.1. The van der Waals surface area contributed by atoms with Crippen molar-refractivity contribution in [3.05, 3.63) is 59.9 Å². The Hall–Kier alpha value is -3.53. The maximum atomic E-state index is 12.4. The quantitative estimate of drug-likeness (QED) is 0.478. The van der Waals surface area contributed by atoms with Crippen LogP contribution in [0.1, 0.15) is 30.3 Å². The minimum absolute atomic E-state index is 0.0648. The van der Waals surface area contributed by atoms with Gasteiger partial charge in [-0.25, -0.2) is 0 Å². The number of amides is 2. The monoisotopic (exact) mass is 479 g/mol. The van der Waals surface area contributed by atoms with E-state index in [1.807, 2.05) is 60.1 Å². The van der Waals surface area contributed by atoms with Gasteiger partial charge in [0.1, 0.15) is 6.61 Å². The molecule has 2 amide bonds. The number of rotatable bonds is 8. The van der Waals surface area contributed by atoms with Crippen LogP contribution >= 0.6 is 11.8 Å². The first kappa shape index (κ1) is 22.3. The number of hydrogen-bond donors (Lipinski definition) is 2. The molecule has 2 aromatic carbocycles. The second-order valence-corrected chi connectivity index (χ2v) is 9.24. The molecule has 2 heterocycles. The normalized spacial score (nSPS) is 16.7. The van der Waals surface area contributed by atoms with Crippen molar-refractivity contribution in [1.29, 1.82) is 0 Å². The molecule has 1 atom stereocenters. The van der Waals surface area contributed by atoms with Crippen molar-refractivity contribution in [3.8, 4) is 11.5 Å². The molecule has 1 aromatic heterocycles. The number of nitrogens with one attached hydrogen (secondary N) is 2. The summed E-state index contributed by atoms with van der Waals surface area (Å²) in [5, 5.41) is 14.9. The van der Waals surface area contributed by atoms with Gasteiger partial charge in [-0.2, -0.15) is 0 Å². The highest BCUT2D eigenvalue weighted by molar-refractivity contribution is 7.99.